The Morgan fingerprint density at radius 3 is 2.43 bits per heavy atom. The number of hydrogen-bond donors (Lipinski definition) is 1. The zero-order valence-corrected chi connectivity index (χ0v) is 23.9. The van der Waals surface area contributed by atoms with Gasteiger partial charge in [0.2, 0.25) is 0 Å². The Kier molecular flexibility index (Phi) is 8.93. The van der Waals surface area contributed by atoms with Crippen molar-refractivity contribution in [3.05, 3.63) is 66.7 Å². The molecule has 0 spiro atoms. The molecule has 5 nitrogen and oxygen atoms in total. The van der Waals surface area contributed by atoms with Crippen molar-refractivity contribution in [2.24, 2.45) is 5.92 Å². The van der Waals surface area contributed by atoms with Crippen LogP contribution in [0.1, 0.15) is 39.9 Å². The van der Waals surface area contributed by atoms with Gasteiger partial charge in [0.05, 0.1) is 18.5 Å². The van der Waals surface area contributed by atoms with Gasteiger partial charge in [-0.05, 0) is 72.0 Å². The molecular weight excluding hydrogens is 476 g/mol. The number of imidazole rings is 1. The first-order valence-electron chi connectivity index (χ1n) is 13.1. The molecule has 0 aliphatic heterocycles. The van der Waals surface area contributed by atoms with Crippen molar-refractivity contribution < 1.29 is 4.74 Å². The number of H-pyrrole nitrogens is 1. The van der Waals surface area contributed by atoms with Crippen LogP contribution >= 0.6 is 11.8 Å². The number of rotatable bonds is 12. The third kappa shape index (κ3) is 6.74. The second kappa shape index (κ2) is 12.1. The molecule has 0 bridgehead atoms. The number of benzene rings is 2. The lowest BCUT2D eigenvalue weighted by atomic mass is 9.91. The number of methoxy groups -OCH3 is 1. The van der Waals surface area contributed by atoms with Gasteiger partial charge in [0.1, 0.15) is 11.6 Å². The summed E-state index contributed by atoms with van der Waals surface area (Å²) in [7, 11) is 1.70. The second-order valence-corrected chi connectivity index (χ2v) is 11.8. The minimum absolute atomic E-state index is 0.140. The Balaban J connectivity index is 1.73. The van der Waals surface area contributed by atoms with Crippen LogP contribution in [-0.4, -0.2) is 58.6 Å². The first kappa shape index (κ1) is 27.2. The number of ether oxygens (including phenoxy) is 1. The summed E-state index contributed by atoms with van der Waals surface area (Å²) < 4.78 is 5.41. The average Bonchev–Trinajstić information content (AvgIpc) is 3.35. The molecule has 0 aliphatic carbocycles. The molecule has 6 heteroatoms. The van der Waals surface area contributed by atoms with E-state index in [9.17, 15) is 0 Å². The summed E-state index contributed by atoms with van der Waals surface area (Å²) in [5.74, 6) is 3.70. The van der Waals surface area contributed by atoms with Crippen LogP contribution in [0.25, 0.3) is 33.3 Å². The first-order chi connectivity index (χ1) is 17.8. The van der Waals surface area contributed by atoms with E-state index in [2.05, 4.69) is 79.2 Å². The van der Waals surface area contributed by atoms with Gasteiger partial charge in [-0.3, -0.25) is 4.98 Å². The Morgan fingerprint density at radius 1 is 1.00 bits per heavy atom. The Morgan fingerprint density at radius 2 is 1.73 bits per heavy atom. The summed E-state index contributed by atoms with van der Waals surface area (Å²) >= 11 is 1.92. The average molecular weight is 517 g/mol. The van der Waals surface area contributed by atoms with Crippen LogP contribution in [0.3, 0.4) is 0 Å². The summed E-state index contributed by atoms with van der Waals surface area (Å²) in [6.07, 6.45) is 7.07. The van der Waals surface area contributed by atoms with Crippen LogP contribution in [0.2, 0.25) is 0 Å². The first-order valence-corrected chi connectivity index (χ1v) is 14.5. The van der Waals surface area contributed by atoms with E-state index < -0.39 is 0 Å². The highest BCUT2D eigenvalue weighted by atomic mass is 32.2. The van der Waals surface area contributed by atoms with Gasteiger partial charge in [0.25, 0.3) is 0 Å². The molecule has 0 saturated carbocycles. The summed E-state index contributed by atoms with van der Waals surface area (Å²) in [5, 5.41) is 2.32. The fraction of sp³-hybridized carbons (Fsp3) is 0.419. The predicted molar refractivity (Wildman–Crippen MR) is 159 cm³/mol. The number of nitrogens with zero attached hydrogens (tertiary/aromatic N) is 3. The normalized spacial score (nSPS) is 12.1. The number of hydrogen-bond acceptors (Lipinski definition) is 5. The van der Waals surface area contributed by atoms with Gasteiger partial charge < -0.3 is 14.6 Å². The van der Waals surface area contributed by atoms with E-state index in [1.54, 1.807) is 7.11 Å². The van der Waals surface area contributed by atoms with Crippen LogP contribution in [0.15, 0.2) is 60.9 Å². The topological polar surface area (TPSA) is 54.0 Å². The number of aromatic amines is 1. The number of thioether (sulfide) groups is 1. The molecule has 0 amide bonds. The SMILES string of the molecule is COc1ccc2cc(-c3nc(C(C)(C)CN(CCCSC)CC(C)C)[nH]c3-c3ccncc3)ccc2c1. The quantitative estimate of drug-likeness (QED) is 0.200. The maximum atomic E-state index is 5.41. The molecule has 2 aromatic carbocycles. The van der Waals surface area contributed by atoms with E-state index in [0.29, 0.717) is 5.92 Å². The van der Waals surface area contributed by atoms with Gasteiger partial charge in [0.15, 0.2) is 0 Å². The van der Waals surface area contributed by atoms with Crippen LogP contribution in [0.5, 0.6) is 5.75 Å². The van der Waals surface area contributed by atoms with Gasteiger partial charge in [0, 0.05) is 42.0 Å². The van der Waals surface area contributed by atoms with Crippen LogP contribution < -0.4 is 4.74 Å². The molecule has 0 unspecified atom stereocenters. The number of nitrogens with one attached hydrogen (secondary N) is 1. The zero-order chi connectivity index (χ0) is 26.4. The van der Waals surface area contributed by atoms with E-state index in [0.717, 1.165) is 59.1 Å². The zero-order valence-electron chi connectivity index (χ0n) is 23.0. The lowest BCUT2D eigenvalue weighted by Gasteiger charge is -2.32. The summed E-state index contributed by atoms with van der Waals surface area (Å²) in [6, 6.07) is 16.8. The van der Waals surface area contributed by atoms with Crippen molar-refractivity contribution in [3.8, 4) is 28.3 Å². The standard InChI is InChI=1S/C31H40N4OS/c1-22(2)20-35(16-7-17-37-6)21-31(3,4)30-33-28(23-12-14-32-15-13-23)29(34-30)26-9-8-25-19-27(36-5)11-10-24(25)18-26/h8-15,18-19,22H,7,16-17,20-21H2,1-6H3,(H,33,34). The fourth-order valence-electron chi connectivity index (χ4n) is 4.95. The molecule has 4 aromatic rings. The molecule has 1 N–H and O–H groups in total. The number of aromatic nitrogens is 3. The van der Waals surface area contributed by atoms with Crippen molar-refractivity contribution in [1.82, 2.24) is 19.9 Å². The lowest BCUT2D eigenvalue weighted by Crippen LogP contribution is -2.40. The fourth-order valence-corrected chi connectivity index (χ4v) is 5.36. The maximum Gasteiger partial charge on any atom is 0.119 e. The van der Waals surface area contributed by atoms with Gasteiger partial charge in [-0.1, -0.05) is 45.9 Å². The maximum absolute atomic E-state index is 5.41. The molecule has 0 atom stereocenters. The molecule has 0 saturated heterocycles. The molecule has 0 radical (unpaired) electrons. The molecule has 37 heavy (non-hydrogen) atoms. The summed E-state index contributed by atoms with van der Waals surface area (Å²) in [6.45, 7) is 12.4. The third-order valence-electron chi connectivity index (χ3n) is 6.70. The summed E-state index contributed by atoms with van der Waals surface area (Å²) in [5.41, 5.74) is 4.06. The Bertz CT molecular complexity index is 1300. The van der Waals surface area contributed by atoms with E-state index in [1.807, 2.05) is 42.4 Å². The predicted octanol–water partition coefficient (Wildman–Crippen LogP) is 7.29. The molecule has 0 fully saturated rings. The minimum atomic E-state index is -0.140. The van der Waals surface area contributed by atoms with Crippen LogP contribution in [-0.2, 0) is 5.41 Å². The molecule has 0 aliphatic rings. The van der Waals surface area contributed by atoms with Gasteiger partial charge >= 0.3 is 0 Å². The van der Waals surface area contributed by atoms with Gasteiger partial charge in [-0.15, -0.1) is 0 Å². The molecule has 2 heterocycles. The highest BCUT2D eigenvalue weighted by Crippen LogP contribution is 2.35. The van der Waals surface area contributed by atoms with Crippen LogP contribution in [0.4, 0.5) is 0 Å². The third-order valence-corrected chi connectivity index (χ3v) is 7.40. The highest BCUT2D eigenvalue weighted by molar-refractivity contribution is 7.98. The number of pyridine rings is 1. The van der Waals surface area contributed by atoms with E-state index in [1.165, 1.54) is 17.6 Å². The van der Waals surface area contributed by atoms with Crippen molar-refractivity contribution in [1.29, 1.82) is 0 Å². The lowest BCUT2D eigenvalue weighted by molar-refractivity contribution is 0.199. The number of fused-ring (bicyclic) bond motifs is 1. The van der Waals surface area contributed by atoms with Gasteiger partial charge in [-0.25, -0.2) is 4.98 Å². The van der Waals surface area contributed by atoms with E-state index in [-0.39, 0.29) is 5.41 Å². The molecule has 4 rings (SSSR count). The minimum Gasteiger partial charge on any atom is -0.497 e. The largest absolute Gasteiger partial charge is 0.497 e. The van der Waals surface area contributed by atoms with Crippen molar-refractivity contribution >= 4 is 22.5 Å². The monoisotopic (exact) mass is 516 g/mol. The molecule has 2 aromatic heterocycles. The Labute approximate surface area is 226 Å². The van der Waals surface area contributed by atoms with Crippen molar-refractivity contribution in [2.75, 3.05) is 38.8 Å². The second-order valence-electron chi connectivity index (χ2n) is 10.8. The van der Waals surface area contributed by atoms with Gasteiger partial charge in [-0.2, -0.15) is 11.8 Å². The molecular formula is C31H40N4OS. The molecule has 196 valence electrons. The van der Waals surface area contributed by atoms with E-state index in [4.69, 9.17) is 9.72 Å². The van der Waals surface area contributed by atoms with E-state index >= 15 is 0 Å². The smallest absolute Gasteiger partial charge is 0.119 e. The highest BCUT2D eigenvalue weighted by Gasteiger charge is 2.29. The Hall–Kier alpha value is -2.83. The van der Waals surface area contributed by atoms with Crippen molar-refractivity contribution in [3.63, 3.8) is 0 Å². The van der Waals surface area contributed by atoms with Crippen LogP contribution in [0, 0.1) is 5.92 Å². The van der Waals surface area contributed by atoms with Crippen molar-refractivity contribution in [2.45, 2.75) is 39.5 Å². The summed E-state index contributed by atoms with van der Waals surface area (Å²) in [4.78, 5) is 15.8.